The molecular weight excluding hydrogens is 378 g/mol. The molecule has 2 rings (SSSR count). The van der Waals surface area contributed by atoms with Gasteiger partial charge in [-0.15, -0.1) is 0 Å². The van der Waals surface area contributed by atoms with Crippen molar-refractivity contribution in [1.29, 1.82) is 0 Å². The molecule has 1 aliphatic rings. The van der Waals surface area contributed by atoms with Gasteiger partial charge in [-0.2, -0.15) is 0 Å². The van der Waals surface area contributed by atoms with Crippen molar-refractivity contribution in [3.63, 3.8) is 0 Å². The van der Waals surface area contributed by atoms with Crippen LogP contribution in [-0.2, 0) is 20.1 Å². The minimum atomic E-state index is -2.96. The summed E-state index contributed by atoms with van der Waals surface area (Å²) in [6.45, 7) is 5.64. The molecule has 1 aromatic rings. The van der Waals surface area contributed by atoms with Crippen LogP contribution in [0.5, 0.6) is 0 Å². The summed E-state index contributed by atoms with van der Waals surface area (Å²) >= 11 is 3.47. The lowest BCUT2D eigenvalue weighted by Crippen LogP contribution is -2.47. The predicted molar refractivity (Wildman–Crippen MR) is 97.4 cm³/mol. The number of hydrogen-bond donors (Lipinski definition) is 1. The van der Waals surface area contributed by atoms with E-state index in [1.54, 1.807) is 13.8 Å². The molecule has 0 saturated carbocycles. The van der Waals surface area contributed by atoms with Gasteiger partial charge in [0, 0.05) is 23.2 Å². The van der Waals surface area contributed by atoms with Crippen LogP contribution in [0.15, 0.2) is 28.7 Å². The van der Waals surface area contributed by atoms with E-state index >= 15 is 0 Å². The summed E-state index contributed by atoms with van der Waals surface area (Å²) < 4.78 is 30.4. The van der Waals surface area contributed by atoms with Gasteiger partial charge in [-0.05, 0) is 57.4 Å². The van der Waals surface area contributed by atoms with E-state index in [2.05, 4.69) is 45.5 Å². The standard InChI is InChI=1S/C17H26BrNO3S/c1-14(2)23(20,21)13-3-10-19-17(8-11-22-12-9-17)15-4-6-16(18)7-5-15/h4-7,14,19H,3,8-13H2,1-2H3. The third kappa shape index (κ3) is 5.02. The fourth-order valence-electron chi connectivity index (χ4n) is 2.89. The number of nitrogens with one attached hydrogen (secondary N) is 1. The van der Waals surface area contributed by atoms with Crippen LogP contribution in [-0.4, -0.2) is 39.2 Å². The number of benzene rings is 1. The summed E-state index contributed by atoms with van der Waals surface area (Å²) in [5, 5.41) is 3.32. The van der Waals surface area contributed by atoms with Crippen molar-refractivity contribution in [3.05, 3.63) is 34.3 Å². The zero-order valence-electron chi connectivity index (χ0n) is 13.8. The summed E-state index contributed by atoms with van der Waals surface area (Å²) in [7, 11) is -2.96. The van der Waals surface area contributed by atoms with Gasteiger partial charge >= 0.3 is 0 Å². The molecule has 23 heavy (non-hydrogen) atoms. The van der Waals surface area contributed by atoms with Crippen molar-refractivity contribution in [2.45, 2.75) is 43.9 Å². The molecule has 6 heteroatoms. The molecule has 0 radical (unpaired) electrons. The maximum absolute atomic E-state index is 11.9. The molecule has 1 N–H and O–H groups in total. The summed E-state index contributed by atoms with van der Waals surface area (Å²) in [6, 6.07) is 8.37. The highest BCUT2D eigenvalue weighted by atomic mass is 79.9. The summed E-state index contributed by atoms with van der Waals surface area (Å²) in [5.41, 5.74) is 1.14. The maximum Gasteiger partial charge on any atom is 0.152 e. The largest absolute Gasteiger partial charge is 0.381 e. The van der Waals surface area contributed by atoms with Gasteiger partial charge in [0.1, 0.15) is 0 Å². The van der Waals surface area contributed by atoms with Crippen LogP contribution in [0.1, 0.15) is 38.7 Å². The number of halogens is 1. The monoisotopic (exact) mass is 403 g/mol. The van der Waals surface area contributed by atoms with Crippen molar-refractivity contribution in [1.82, 2.24) is 5.32 Å². The van der Waals surface area contributed by atoms with Gasteiger partial charge in [0.05, 0.1) is 11.0 Å². The summed E-state index contributed by atoms with van der Waals surface area (Å²) in [5.74, 6) is 0.241. The highest BCUT2D eigenvalue weighted by Gasteiger charge is 2.33. The van der Waals surface area contributed by atoms with Crippen LogP contribution in [0, 0.1) is 0 Å². The Morgan fingerprint density at radius 2 is 1.83 bits per heavy atom. The molecule has 1 saturated heterocycles. The summed E-state index contributed by atoms with van der Waals surface area (Å²) in [4.78, 5) is 0. The van der Waals surface area contributed by atoms with Gasteiger partial charge in [-0.1, -0.05) is 28.1 Å². The van der Waals surface area contributed by atoms with E-state index in [9.17, 15) is 8.42 Å². The Morgan fingerprint density at radius 1 is 1.22 bits per heavy atom. The van der Waals surface area contributed by atoms with E-state index in [-0.39, 0.29) is 16.5 Å². The summed E-state index contributed by atoms with van der Waals surface area (Å²) in [6.07, 6.45) is 2.46. The highest BCUT2D eigenvalue weighted by Crippen LogP contribution is 2.32. The predicted octanol–water partition coefficient (Wildman–Crippen LogP) is 3.26. The van der Waals surface area contributed by atoms with Crippen LogP contribution in [0.4, 0.5) is 0 Å². The minimum Gasteiger partial charge on any atom is -0.381 e. The molecule has 0 atom stereocenters. The number of rotatable bonds is 7. The van der Waals surface area contributed by atoms with Crippen LogP contribution in [0.2, 0.25) is 0 Å². The highest BCUT2D eigenvalue weighted by molar-refractivity contribution is 9.10. The number of ether oxygens (including phenoxy) is 1. The third-order valence-corrected chi connectivity index (χ3v) is 7.35. The zero-order chi connectivity index (χ0) is 16.9. The van der Waals surface area contributed by atoms with Crippen molar-refractivity contribution in [2.24, 2.45) is 0 Å². The van der Waals surface area contributed by atoms with Gasteiger partial charge in [0.15, 0.2) is 9.84 Å². The molecule has 0 unspecified atom stereocenters. The maximum atomic E-state index is 11.9. The van der Waals surface area contributed by atoms with E-state index in [0.717, 1.165) is 30.5 Å². The Labute approximate surface area is 148 Å². The van der Waals surface area contributed by atoms with Gasteiger partial charge in [0.25, 0.3) is 0 Å². The first-order valence-corrected chi connectivity index (χ1v) is 10.7. The molecule has 0 aromatic heterocycles. The van der Waals surface area contributed by atoms with Gasteiger partial charge in [0.2, 0.25) is 0 Å². The van der Waals surface area contributed by atoms with E-state index in [1.807, 2.05) is 0 Å². The van der Waals surface area contributed by atoms with Crippen LogP contribution in [0.25, 0.3) is 0 Å². The van der Waals surface area contributed by atoms with Crippen LogP contribution >= 0.6 is 15.9 Å². The Bertz CT molecular complexity index is 593. The zero-order valence-corrected chi connectivity index (χ0v) is 16.2. The molecule has 0 aliphatic carbocycles. The Hall–Kier alpha value is -0.430. The second-order valence-corrected chi connectivity index (χ2v) is 9.99. The van der Waals surface area contributed by atoms with Crippen molar-refractivity contribution in [3.8, 4) is 0 Å². The van der Waals surface area contributed by atoms with E-state index < -0.39 is 9.84 Å². The van der Waals surface area contributed by atoms with E-state index in [1.165, 1.54) is 5.56 Å². The normalized spacial score (nSPS) is 18.3. The lowest BCUT2D eigenvalue weighted by molar-refractivity contribution is 0.0368. The topological polar surface area (TPSA) is 55.4 Å². The average molecular weight is 404 g/mol. The third-order valence-electron chi connectivity index (χ3n) is 4.53. The van der Waals surface area contributed by atoms with Crippen molar-refractivity contribution >= 4 is 25.8 Å². The van der Waals surface area contributed by atoms with E-state index in [0.29, 0.717) is 13.0 Å². The minimum absolute atomic E-state index is 0.111. The first kappa shape index (κ1) is 18.9. The molecule has 1 aromatic carbocycles. The average Bonchev–Trinajstić information content (AvgIpc) is 2.53. The van der Waals surface area contributed by atoms with Crippen LogP contribution < -0.4 is 5.32 Å². The first-order valence-electron chi connectivity index (χ1n) is 8.16. The Balaban J connectivity index is 2.01. The number of hydrogen-bond acceptors (Lipinski definition) is 4. The smallest absolute Gasteiger partial charge is 0.152 e. The Kier molecular flexibility index (Phi) is 6.66. The molecule has 0 spiro atoms. The molecule has 4 nitrogen and oxygen atoms in total. The lowest BCUT2D eigenvalue weighted by Gasteiger charge is -2.39. The fourth-order valence-corrected chi connectivity index (χ4v) is 4.18. The van der Waals surface area contributed by atoms with Gasteiger partial charge in [-0.25, -0.2) is 8.42 Å². The molecule has 0 bridgehead atoms. The van der Waals surface area contributed by atoms with Gasteiger partial charge in [-0.3, -0.25) is 0 Å². The SMILES string of the molecule is CC(C)S(=O)(=O)CCCNC1(c2ccc(Br)cc2)CCOCC1. The molecule has 0 amide bonds. The van der Waals surface area contributed by atoms with Crippen molar-refractivity contribution < 1.29 is 13.2 Å². The van der Waals surface area contributed by atoms with Gasteiger partial charge < -0.3 is 10.1 Å². The molecule has 130 valence electrons. The molecule has 1 aliphatic heterocycles. The lowest BCUT2D eigenvalue weighted by atomic mass is 9.82. The van der Waals surface area contributed by atoms with E-state index in [4.69, 9.17) is 4.74 Å². The fraction of sp³-hybridized carbons (Fsp3) is 0.647. The second-order valence-electron chi connectivity index (χ2n) is 6.40. The Morgan fingerprint density at radius 3 is 2.39 bits per heavy atom. The number of sulfone groups is 1. The quantitative estimate of drug-likeness (QED) is 0.709. The molecule has 1 fully saturated rings. The van der Waals surface area contributed by atoms with Crippen LogP contribution in [0.3, 0.4) is 0 Å². The molecule has 1 heterocycles. The van der Waals surface area contributed by atoms with Crippen molar-refractivity contribution in [2.75, 3.05) is 25.5 Å². The molecular formula is C17H26BrNO3S. The first-order chi connectivity index (χ1) is 10.9. The second kappa shape index (κ2) is 8.10.